The summed E-state index contributed by atoms with van der Waals surface area (Å²) in [7, 11) is 0. The lowest BCUT2D eigenvalue weighted by atomic mass is 9.99. The highest BCUT2D eigenvalue weighted by Gasteiger charge is 2.48. The molecule has 1 fully saturated rings. The minimum Gasteiger partial charge on any atom is -0.479 e. The van der Waals surface area contributed by atoms with Gasteiger partial charge in [-0.25, -0.2) is 4.79 Å². The number of aliphatic hydroxyl groups is 3. The number of aryl methyl sites for hydroxylation is 2. The second kappa shape index (κ2) is 10.5. The van der Waals surface area contributed by atoms with Crippen LogP contribution in [0.15, 0.2) is 35.2 Å². The van der Waals surface area contributed by atoms with Crippen LogP contribution in [0.25, 0.3) is 0 Å². The molecule has 1 aromatic carbocycles. The molecule has 5 atom stereocenters. The highest BCUT2D eigenvalue weighted by atomic mass is 32.2. The van der Waals surface area contributed by atoms with Crippen molar-refractivity contribution < 1.29 is 47.9 Å². The van der Waals surface area contributed by atoms with Crippen molar-refractivity contribution in [3.63, 3.8) is 0 Å². The van der Waals surface area contributed by atoms with Crippen LogP contribution < -0.4 is 4.74 Å². The van der Waals surface area contributed by atoms with Crippen molar-refractivity contribution in [1.29, 1.82) is 0 Å². The number of carbonyl (C=O) groups is 1. The number of benzene rings is 1. The number of carboxylic acids is 1. The molecule has 1 aliphatic rings. The Kier molecular flexibility index (Phi) is 8.14. The van der Waals surface area contributed by atoms with Crippen LogP contribution >= 0.6 is 11.8 Å². The Morgan fingerprint density at radius 1 is 1.21 bits per heavy atom. The molecule has 0 saturated carbocycles. The lowest BCUT2D eigenvalue weighted by Gasteiger charge is -2.37. The lowest BCUT2D eigenvalue weighted by molar-refractivity contribution is -0.271. The first-order valence-electron chi connectivity index (χ1n) is 10.4. The standard InChI is InChI=1S/C21H25F3N2O7S/c1-10(2)34-12-5-3-4-11(8-12)6-7-26-13(21(22,23)24)9-14(25-26)32-20-17(29)15(27)16(28)18(33-20)19(30)31/h3-5,8-10,15-18,20,27-29H,6-7H2,1-2H3,(H,30,31)/t15-,16-,17+,18-,20+/m0/s1. The normalized spacial score (nSPS) is 25.5. The quantitative estimate of drug-likeness (QED) is 0.396. The van der Waals surface area contributed by atoms with Gasteiger partial charge in [0.05, 0.1) is 0 Å². The number of ether oxygens (including phenoxy) is 2. The van der Waals surface area contributed by atoms with Gasteiger partial charge in [0, 0.05) is 22.8 Å². The van der Waals surface area contributed by atoms with Crippen molar-refractivity contribution in [1.82, 2.24) is 9.78 Å². The topological polar surface area (TPSA) is 134 Å². The van der Waals surface area contributed by atoms with Crippen molar-refractivity contribution in [2.24, 2.45) is 0 Å². The van der Waals surface area contributed by atoms with E-state index >= 15 is 0 Å². The van der Waals surface area contributed by atoms with Gasteiger partial charge in [0.2, 0.25) is 12.2 Å². The Bertz CT molecular complexity index is 1000. The molecule has 0 spiro atoms. The van der Waals surface area contributed by atoms with Gasteiger partial charge in [-0.3, -0.25) is 4.68 Å². The molecule has 9 nitrogen and oxygen atoms in total. The molecule has 188 valence electrons. The largest absolute Gasteiger partial charge is 0.479 e. The zero-order chi connectivity index (χ0) is 25.2. The third-order valence-corrected chi connectivity index (χ3v) is 5.98. The van der Waals surface area contributed by atoms with Crippen LogP contribution in [0.3, 0.4) is 0 Å². The second-order valence-corrected chi connectivity index (χ2v) is 9.66. The number of carboxylic acid groups (broad SMARTS) is 1. The van der Waals surface area contributed by atoms with E-state index in [1.54, 1.807) is 17.8 Å². The Hall–Kier alpha value is -2.32. The zero-order valence-electron chi connectivity index (χ0n) is 18.2. The fraction of sp³-hybridized carbons (Fsp3) is 0.524. The summed E-state index contributed by atoms with van der Waals surface area (Å²) >= 11 is 1.63. The van der Waals surface area contributed by atoms with E-state index in [-0.39, 0.29) is 13.0 Å². The molecule has 4 N–H and O–H groups in total. The average Bonchev–Trinajstić information content (AvgIpc) is 3.15. The molecule has 3 rings (SSSR count). The molecule has 0 amide bonds. The fourth-order valence-corrected chi connectivity index (χ4v) is 4.32. The monoisotopic (exact) mass is 506 g/mol. The van der Waals surface area contributed by atoms with Crippen LogP contribution in [-0.4, -0.2) is 72.1 Å². The molecule has 0 aliphatic carbocycles. The molecule has 2 heterocycles. The van der Waals surface area contributed by atoms with Crippen LogP contribution in [-0.2, 0) is 28.7 Å². The molecule has 13 heteroatoms. The van der Waals surface area contributed by atoms with E-state index < -0.39 is 54.4 Å². The van der Waals surface area contributed by atoms with E-state index in [4.69, 9.17) is 14.6 Å². The number of nitrogens with zero attached hydrogens (tertiary/aromatic N) is 2. The van der Waals surface area contributed by atoms with E-state index in [2.05, 4.69) is 5.10 Å². The summed E-state index contributed by atoms with van der Waals surface area (Å²) in [6.07, 6.45) is -14.2. The summed E-state index contributed by atoms with van der Waals surface area (Å²) in [4.78, 5) is 12.2. The summed E-state index contributed by atoms with van der Waals surface area (Å²) in [5.41, 5.74) is -0.305. The van der Waals surface area contributed by atoms with Gasteiger partial charge in [-0.15, -0.1) is 16.9 Å². The molecule has 0 unspecified atom stereocenters. The maximum absolute atomic E-state index is 13.6. The second-order valence-electron chi connectivity index (χ2n) is 8.01. The van der Waals surface area contributed by atoms with Crippen molar-refractivity contribution in [3.05, 3.63) is 41.6 Å². The number of rotatable bonds is 8. The van der Waals surface area contributed by atoms with Crippen LogP contribution in [0.5, 0.6) is 5.88 Å². The first-order valence-corrected chi connectivity index (χ1v) is 11.2. The van der Waals surface area contributed by atoms with E-state index in [1.165, 1.54) is 0 Å². The number of aromatic nitrogens is 2. The van der Waals surface area contributed by atoms with Crippen LogP contribution in [0, 0.1) is 0 Å². The van der Waals surface area contributed by atoms with Crippen molar-refractivity contribution in [2.75, 3.05) is 0 Å². The Balaban J connectivity index is 1.78. The van der Waals surface area contributed by atoms with Gasteiger partial charge in [-0.2, -0.15) is 13.2 Å². The molecule has 1 aromatic heterocycles. The summed E-state index contributed by atoms with van der Waals surface area (Å²) in [5, 5.41) is 42.8. The highest BCUT2D eigenvalue weighted by molar-refractivity contribution is 7.99. The van der Waals surface area contributed by atoms with Gasteiger partial charge in [0.1, 0.15) is 24.0 Å². The minimum absolute atomic E-state index is 0.138. The number of thioether (sulfide) groups is 1. The molecule has 1 saturated heterocycles. The van der Waals surface area contributed by atoms with Gasteiger partial charge >= 0.3 is 12.1 Å². The van der Waals surface area contributed by atoms with Crippen molar-refractivity contribution >= 4 is 17.7 Å². The molecule has 2 aromatic rings. The number of hydrogen-bond acceptors (Lipinski definition) is 8. The Labute approximate surface area is 197 Å². The Morgan fingerprint density at radius 3 is 2.53 bits per heavy atom. The fourth-order valence-electron chi connectivity index (χ4n) is 3.40. The number of aliphatic carboxylic acids is 1. The van der Waals surface area contributed by atoms with Crippen LogP contribution in [0.4, 0.5) is 13.2 Å². The van der Waals surface area contributed by atoms with Gasteiger partial charge < -0.3 is 29.9 Å². The average molecular weight is 506 g/mol. The molecule has 0 radical (unpaired) electrons. The van der Waals surface area contributed by atoms with Gasteiger partial charge in [0.25, 0.3) is 0 Å². The van der Waals surface area contributed by atoms with Crippen LogP contribution in [0.2, 0.25) is 0 Å². The number of alkyl halides is 3. The zero-order valence-corrected chi connectivity index (χ0v) is 19.0. The first kappa shape index (κ1) is 26.3. The Morgan fingerprint density at radius 2 is 1.91 bits per heavy atom. The molecular weight excluding hydrogens is 481 g/mol. The predicted octanol–water partition coefficient (Wildman–Crippen LogP) is 1.92. The van der Waals surface area contributed by atoms with Crippen LogP contribution in [0.1, 0.15) is 25.1 Å². The lowest BCUT2D eigenvalue weighted by Crippen LogP contribution is -2.61. The maximum atomic E-state index is 13.6. The van der Waals surface area contributed by atoms with E-state index in [0.717, 1.165) is 10.5 Å². The predicted molar refractivity (Wildman–Crippen MR) is 113 cm³/mol. The van der Waals surface area contributed by atoms with Gasteiger partial charge in [-0.1, -0.05) is 26.0 Å². The van der Waals surface area contributed by atoms with E-state index in [1.807, 2.05) is 32.0 Å². The number of halogens is 3. The number of hydrogen-bond donors (Lipinski definition) is 4. The van der Waals surface area contributed by atoms with Gasteiger partial charge in [-0.05, 0) is 24.1 Å². The molecular formula is C21H25F3N2O7S. The summed E-state index contributed by atoms with van der Waals surface area (Å²) < 4.78 is 51.5. The van der Waals surface area contributed by atoms with Crippen molar-refractivity contribution in [3.8, 4) is 5.88 Å². The van der Waals surface area contributed by atoms with E-state index in [0.29, 0.717) is 16.0 Å². The number of aliphatic hydroxyl groups excluding tert-OH is 3. The molecule has 0 bridgehead atoms. The third-order valence-electron chi connectivity index (χ3n) is 4.98. The molecule has 1 aliphatic heterocycles. The molecule has 34 heavy (non-hydrogen) atoms. The summed E-state index contributed by atoms with van der Waals surface area (Å²) in [6, 6.07) is 8.02. The summed E-state index contributed by atoms with van der Waals surface area (Å²) in [5.74, 6) is -2.24. The third kappa shape index (κ3) is 6.21. The van der Waals surface area contributed by atoms with Gasteiger partial charge in [0.15, 0.2) is 6.10 Å². The SMILES string of the molecule is CC(C)Sc1cccc(CCn2nc(O[C@@H]3O[C@H](C(=O)O)[C@@H](O)[C@H](O)[C@H]3O)cc2C(F)(F)F)c1. The highest BCUT2D eigenvalue weighted by Crippen LogP contribution is 2.33. The minimum atomic E-state index is -4.77. The van der Waals surface area contributed by atoms with E-state index in [9.17, 15) is 33.3 Å². The van der Waals surface area contributed by atoms with Crippen molar-refractivity contribution in [2.45, 2.75) is 73.8 Å². The first-order chi connectivity index (χ1) is 15.9. The summed E-state index contributed by atoms with van der Waals surface area (Å²) in [6.45, 7) is 3.92. The smallest absolute Gasteiger partial charge is 0.433 e. The maximum Gasteiger partial charge on any atom is 0.433 e.